The van der Waals surface area contributed by atoms with Gasteiger partial charge in [0.2, 0.25) is 5.88 Å². The van der Waals surface area contributed by atoms with Crippen molar-refractivity contribution in [2.45, 2.75) is 46.5 Å². The molecule has 7 heteroatoms. The van der Waals surface area contributed by atoms with Gasteiger partial charge in [0.1, 0.15) is 17.4 Å². The molecule has 1 aromatic carbocycles. The predicted octanol–water partition coefficient (Wildman–Crippen LogP) is 3.91. The van der Waals surface area contributed by atoms with Gasteiger partial charge in [0, 0.05) is 0 Å². The van der Waals surface area contributed by atoms with Crippen LogP contribution in [0.2, 0.25) is 0 Å². The molecule has 29 heavy (non-hydrogen) atoms. The molecule has 2 N–H and O–H groups in total. The van der Waals surface area contributed by atoms with Crippen molar-refractivity contribution in [3.05, 3.63) is 46.6 Å². The second-order valence-electron chi connectivity index (χ2n) is 6.46. The fourth-order valence-electron chi connectivity index (χ4n) is 3.11. The maximum atomic E-state index is 12.6. The Morgan fingerprint density at radius 2 is 1.97 bits per heavy atom. The second kappa shape index (κ2) is 10.4. The molecular weight excluding hydrogens is 372 g/mol. The molecule has 0 amide bonds. The molecule has 0 fully saturated rings. The topological polar surface area (TPSA) is 104 Å². The zero-order chi connectivity index (χ0) is 21.4. The third-order valence-electron chi connectivity index (χ3n) is 4.46. The van der Waals surface area contributed by atoms with Gasteiger partial charge in [-0.2, -0.15) is 5.26 Å². The van der Waals surface area contributed by atoms with Gasteiger partial charge in [-0.1, -0.05) is 19.4 Å². The number of rotatable bonds is 9. The van der Waals surface area contributed by atoms with E-state index in [1.807, 2.05) is 6.92 Å². The van der Waals surface area contributed by atoms with Gasteiger partial charge in [-0.05, 0) is 44.9 Å². The van der Waals surface area contributed by atoms with E-state index in [1.165, 1.54) is 0 Å². The number of hydrogen-bond acceptors (Lipinski definition) is 7. The molecule has 7 nitrogen and oxygen atoms in total. The largest absolute Gasteiger partial charge is 0.490 e. The maximum absolute atomic E-state index is 12.6. The van der Waals surface area contributed by atoms with Gasteiger partial charge >= 0.3 is 5.97 Å². The molecule has 156 valence electrons. The fourth-order valence-corrected chi connectivity index (χ4v) is 3.11. The number of hydrogen-bond donors (Lipinski definition) is 1. The number of nitriles is 1. The normalized spacial score (nSPS) is 16.2. The van der Waals surface area contributed by atoms with E-state index in [4.69, 9.17) is 24.7 Å². The summed E-state index contributed by atoms with van der Waals surface area (Å²) in [6.45, 7) is 8.55. The van der Waals surface area contributed by atoms with E-state index in [9.17, 15) is 10.1 Å². The third-order valence-corrected chi connectivity index (χ3v) is 4.46. The molecule has 0 aromatic heterocycles. The van der Waals surface area contributed by atoms with Gasteiger partial charge in [-0.25, -0.2) is 4.79 Å². The van der Waals surface area contributed by atoms with Crippen LogP contribution in [0.4, 0.5) is 0 Å². The molecule has 1 atom stereocenters. The molecule has 0 spiro atoms. The summed E-state index contributed by atoms with van der Waals surface area (Å²) in [5.74, 6) is 0.193. The maximum Gasteiger partial charge on any atom is 0.338 e. The first-order valence-corrected chi connectivity index (χ1v) is 9.83. The van der Waals surface area contributed by atoms with E-state index in [-0.39, 0.29) is 23.6 Å². The summed E-state index contributed by atoms with van der Waals surface area (Å²) >= 11 is 0. The summed E-state index contributed by atoms with van der Waals surface area (Å²) in [4.78, 5) is 12.6. The minimum atomic E-state index is -0.711. The van der Waals surface area contributed by atoms with Gasteiger partial charge in [-0.15, -0.1) is 0 Å². The average Bonchev–Trinajstić information content (AvgIpc) is 2.69. The van der Waals surface area contributed by atoms with Gasteiger partial charge in [0.15, 0.2) is 11.5 Å². The molecule has 0 saturated heterocycles. The van der Waals surface area contributed by atoms with Crippen LogP contribution in [0.3, 0.4) is 0 Å². The molecule has 0 saturated carbocycles. The smallest absolute Gasteiger partial charge is 0.338 e. The Balaban J connectivity index is 2.54. The van der Waals surface area contributed by atoms with Gasteiger partial charge in [0.25, 0.3) is 0 Å². The Morgan fingerprint density at radius 3 is 2.59 bits per heavy atom. The summed E-state index contributed by atoms with van der Waals surface area (Å²) < 4.78 is 22.2. The highest BCUT2D eigenvalue weighted by Crippen LogP contribution is 2.42. The lowest BCUT2D eigenvalue weighted by atomic mass is 9.83. The highest BCUT2D eigenvalue weighted by Gasteiger charge is 2.36. The molecule has 0 radical (unpaired) electrons. The van der Waals surface area contributed by atoms with Crippen LogP contribution >= 0.6 is 0 Å². The minimum Gasteiger partial charge on any atom is -0.490 e. The molecule has 1 unspecified atom stereocenters. The van der Waals surface area contributed by atoms with Crippen LogP contribution in [0.25, 0.3) is 0 Å². The molecule has 0 aliphatic carbocycles. The van der Waals surface area contributed by atoms with Crippen LogP contribution in [0.1, 0.15) is 52.0 Å². The zero-order valence-electron chi connectivity index (χ0n) is 17.4. The van der Waals surface area contributed by atoms with Crippen molar-refractivity contribution >= 4 is 5.97 Å². The van der Waals surface area contributed by atoms with Crippen LogP contribution in [0, 0.1) is 11.3 Å². The number of ether oxygens (including phenoxy) is 4. The summed E-state index contributed by atoms with van der Waals surface area (Å²) in [6, 6.07) is 7.44. The number of allylic oxidation sites excluding steroid dienone is 2. The standard InChI is InChI=1S/C22H28N2O5/c1-5-8-11-28-17-10-9-15(12-18(17)26-6-2)20-16(13-23)21(24)29-14(4)19(20)22(25)27-7-3/h9-10,12,20H,5-8,11,24H2,1-4H3. The Kier molecular flexibility index (Phi) is 7.96. The van der Waals surface area contributed by atoms with Crippen LogP contribution in [0.5, 0.6) is 11.5 Å². The van der Waals surface area contributed by atoms with E-state index >= 15 is 0 Å². The SMILES string of the molecule is CCCCOc1ccc(C2C(C#N)=C(N)OC(C)=C2C(=O)OCC)cc1OCC. The first-order valence-electron chi connectivity index (χ1n) is 9.83. The highest BCUT2D eigenvalue weighted by atomic mass is 16.5. The van der Waals surface area contributed by atoms with Crippen molar-refractivity contribution in [1.29, 1.82) is 5.26 Å². The van der Waals surface area contributed by atoms with E-state index in [1.54, 1.807) is 32.0 Å². The lowest BCUT2D eigenvalue weighted by Crippen LogP contribution is -2.25. The lowest BCUT2D eigenvalue weighted by Gasteiger charge is -2.27. The monoisotopic (exact) mass is 400 g/mol. The van der Waals surface area contributed by atoms with Crippen molar-refractivity contribution in [1.82, 2.24) is 0 Å². The third kappa shape index (κ3) is 5.02. The van der Waals surface area contributed by atoms with Crippen LogP contribution in [-0.4, -0.2) is 25.8 Å². The number of carbonyl (C=O) groups is 1. The fraction of sp³-hybridized carbons (Fsp3) is 0.455. The Bertz CT molecular complexity index is 851. The first kappa shape index (κ1) is 22.2. The Labute approximate surface area is 171 Å². The molecule has 1 aliphatic heterocycles. The highest BCUT2D eigenvalue weighted by molar-refractivity contribution is 5.92. The zero-order valence-corrected chi connectivity index (χ0v) is 17.4. The molecule has 1 heterocycles. The van der Waals surface area contributed by atoms with Crippen molar-refractivity contribution in [3.8, 4) is 17.6 Å². The average molecular weight is 400 g/mol. The molecule has 1 aliphatic rings. The van der Waals surface area contributed by atoms with Crippen LogP contribution < -0.4 is 15.2 Å². The number of unbranched alkanes of at least 4 members (excludes halogenated alkanes) is 1. The van der Waals surface area contributed by atoms with Crippen LogP contribution in [0.15, 0.2) is 41.0 Å². The predicted molar refractivity (Wildman–Crippen MR) is 108 cm³/mol. The van der Waals surface area contributed by atoms with E-state index in [2.05, 4.69) is 13.0 Å². The number of nitrogens with two attached hydrogens (primary N) is 1. The number of nitrogens with zero attached hydrogens (tertiary/aromatic N) is 1. The Morgan fingerprint density at radius 1 is 1.21 bits per heavy atom. The summed E-state index contributed by atoms with van der Waals surface area (Å²) in [5.41, 5.74) is 7.02. The Hall–Kier alpha value is -3.14. The van der Waals surface area contributed by atoms with Crippen LogP contribution in [-0.2, 0) is 14.3 Å². The van der Waals surface area contributed by atoms with E-state index in [0.29, 0.717) is 36.0 Å². The van der Waals surface area contributed by atoms with Gasteiger partial charge < -0.3 is 24.7 Å². The van der Waals surface area contributed by atoms with Crippen molar-refractivity contribution < 1.29 is 23.7 Å². The minimum absolute atomic E-state index is 0.0238. The van der Waals surface area contributed by atoms with E-state index < -0.39 is 11.9 Å². The molecule has 0 bridgehead atoms. The summed E-state index contributed by atoms with van der Waals surface area (Å²) in [7, 11) is 0. The van der Waals surface area contributed by atoms with Crippen molar-refractivity contribution in [2.75, 3.05) is 19.8 Å². The van der Waals surface area contributed by atoms with Crippen molar-refractivity contribution in [3.63, 3.8) is 0 Å². The summed E-state index contributed by atoms with van der Waals surface area (Å²) in [6.07, 6.45) is 1.95. The van der Waals surface area contributed by atoms with E-state index in [0.717, 1.165) is 12.8 Å². The van der Waals surface area contributed by atoms with Crippen molar-refractivity contribution in [2.24, 2.45) is 5.73 Å². The van der Waals surface area contributed by atoms with Gasteiger partial charge in [-0.3, -0.25) is 0 Å². The quantitative estimate of drug-likeness (QED) is 0.495. The second-order valence-corrected chi connectivity index (χ2v) is 6.46. The van der Waals surface area contributed by atoms with Gasteiger partial charge in [0.05, 0.1) is 31.3 Å². The lowest BCUT2D eigenvalue weighted by molar-refractivity contribution is -0.139. The molecular formula is C22H28N2O5. The number of benzene rings is 1. The number of carbonyl (C=O) groups excluding carboxylic acids is 1. The summed E-state index contributed by atoms with van der Waals surface area (Å²) in [5, 5.41) is 9.68. The first-order chi connectivity index (χ1) is 14.0. The molecule has 1 aromatic rings. The molecule has 2 rings (SSSR count). The number of esters is 1.